The Hall–Kier alpha value is -0.720. The fraction of sp³-hybridized carbons (Fsp3) is 0.714. The lowest BCUT2D eigenvalue weighted by Gasteiger charge is -2.04. The quantitative estimate of drug-likeness (QED) is 0.433. The molecule has 0 fully saturated rings. The molecule has 0 saturated carbocycles. The molecule has 0 aliphatic carbocycles. The Kier molecular flexibility index (Phi) is 12.8. The average molecular weight is 350 g/mol. The summed E-state index contributed by atoms with van der Waals surface area (Å²) >= 11 is 3.11. The van der Waals surface area contributed by atoms with Crippen LogP contribution in [0.5, 0.6) is 0 Å². The molecule has 0 spiro atoms. The van der Waals surface area contributed by atoms with E-state index in [4.69, 9.17) is 9.47 Å². The van der Waals surface area contributed by atoms with E-state index in [-0.39, 0.29) is 16.2 Å². The van der Waals surface area contributed by atoms with Crippen LogP contribution in [0.1, 0.15) is 33.1 Å². The smallest absolute Gasteiger partial charge is 0.258 e. The summed E-state index contributed by atoms with van der Waals surface area (Å²) in [6.07, 6.45) is 3.19. The fourth-order valence-corrected chi connectivity index (χ4v) is 1.71. The Labute approximate surface area is 129 Å². The van der Waals surface area contributed by atoms with Gasteiger partial charge in [0, 0.05) is 32.3 Å². The first-order chi connectivity index (χ1) is 9.61. The standard InChI is InChI=1S/C14H24BrNO4/c1-3-7-16-14(18)13(15)11-12(17)6-5-8-20-10-9-19-4-2/h11H,3-10H2,1-2H3,(H,16,18)/b13-11+. The van der Waals surface area contributed by atoms with Crippen molar-refractivity contribution in [2.45, 2.75) is 33.1 Å². The second-order valence-corrected chi connectivity index (χ2v) is 4.98. The Morgan fingerprint density at radius 1 is 1.15 bits per heavy atom. The first kappa shape index (κ1) is 19.3. The lowest BCUT2D eigenvalue weighted by Crippen LogP contribution is -2.24. The topological polar surface area (TPSA) is 64.6 Å². The van der Waals surface area contributed by atoms with E-state index < -0.39 is 0 Å². The highest BCUT2D eigenvalue weighted by Gasteiger charge is 2.07. The Balaban J connectivity index is 3.73. The summed E-state index contributed by atoms with van der Waals surface area (Å²) in [5, 5.41) is 2.69. The van der Waals surface area contributed by atoms with Gasteiger partial charge in [-0.1, -0.05) is 6.92 Å². The van der Waals surface area contributed by atoms with E-state index in [0.29, 0.717) is 45.8 Å². The van der Waals surface area contributed by atoms with Gasteiger partial charge in [-0.15, -0.1) is 0 Å². The van der Waals surface area contributed by atoms with Crippen molar-refractivity contribution in [3.8, 4) is 0 Å². The molecule has 0 aliphatic rings. The monoisotopic (exact) mass is 349 g/mol. The molecule has 0 unspecified atom stereocenters. The molecule has 0 atom stereocenters. The molecule has 116 valence electrons. The first-order valence-electron chi connectivity index (χ1n) is 6.95. The van der Waals surface area contributed by atoms with Gasteiger partial charge in [-0.25, -0.2) is 0 Å². The van der Waals surface area contributed by atoms with Crippen LogP contribution in [-0.4, -0.2) is 44.7 Å². The summed E-state index contributed by atoms with van der Waals surface area (Å²) in [4.78, 5) is 23.1. The zero-order valence-corrected chi connectivity index (χ0v) is 13.8. The molecule has 0 radical (unpaired) electrons. The van der Waals surface area contributed by atoms with E-state index in [1.165, 1.54) is 6.08 Å². The van der Waals surface area contributed by atoms with Crippen LogP contribution in [0, 0.1) is 0 Å². The second kappa shape index (κ2) is 13.3. The third-order valence-corrected chi connectivity index (χ3v) is 2.92. The predicted molar refractivity (Wildman–Crippen MR) is 81.9 cm³/mol. The van der Waals surface area contributed by atoms with E-state index in [9.17, 15) is 9.59 Å². The molecule has 0 bridgehead atoms. The zero-order valence-electron chi connectivity index (χ0n) is 12.2. The normalized spacial score (nSPS) is 11.4. The van der Waals surface area contributed by atoms with Gasteiger partial charge in [-0.3, -0.25) is 9.59 Å². The Morgan fingerprint density at radius 3 is 2.50 bits per heavy atom. The molecule has 20 heavy (non-hydrogen) atoms. The Bertz CT molecular complexity index is 318. The van der Waals surface area contributed by atoms with Gasteiger partial charge in [0.1, 0.15) is 0 Å². The molecule has 1 amide bonds. The van der Waals surface area contributed by atoms with Gasteiger partial charge in [-0.05, 0) is 35.7 Å². The van der Waals surface area contributed by atoms with E-state index in [2.05, 4.69) is 21.2 Å². The van der Waals surface area contributed by atoms with Crippen molar-refractivity contribution >= 4 is 27.6 Å². The number of rotatable bonds is 12. The molecular formula is C14H24BrNO4. The highest BCUT2D eigenvalue weighted by molar-refractivity contribution is 9.12. The number of hydrogen-bond acceptors (Lipinski definition) is 4. The van der Waals surface area contributed by atoms with Gasteiger partial charge in [0.2, 0.25) is 0 Å². The van der Waals surface area contributed by atoms with Gasteiger partial charge in [0.05, 0.1) is 17.7 Å². The van der Waals surface area contributed by atoms with Crippen molar-refractivity contribution in [2.75, 3.05) is 33.0 Å². The molecule has 0 heterocycles. The van der Waals surface area contributed by atoms with Crippen molar-refractivity contribution in [3.05, 3.63) is 10.6 Å². The third-order valence-electron chi connectivity index (χ3n) is 2.33. The first-order valence-corrected chi connectivity index (χ1v) is 7.74. The summed E-state index contributed by atoms with van der Waals surface area (Å²) in [6, 6.07) is 0. The number of ether oxygens (including phenoxy) is 2. The van der Waals surface area contributed by atoms with Crippen LogP contribution in [0.4, 0.5) is 0 Å². The molecule has 0 saturated heterocycles. The van der Waals surface area contributed by atoms with E-state index >= 15 is 0 Å². The second-order valence-electron chi connectivity index (χ2n) is 4.13. The van der Waals surface area contributed by atoms with Crippen LogP contribution in [0.15, 0.2) is 10.6 Å². The van der Waals surface area contributed by atoms with Crippen LogP contribution in [0.25, 0.3) is 0 Å². The van der Waals surface area contributed by atoms with Crippen LogP contribution >= 0.6 is 15.9 Å². The van der Waals surface area contributed by atoms with Gasteiger partial charge >= 0.3 is 0 Å². The Morgan fingerprint density at radius 2 is 1.85 bits per heavy atom. The summed E-state index contributed by atoms with van der Waals surface area (Å²) < 4.78 is 10.7. The van der Waals surface area contributed by atoms with Gasteiger partial charge in [-0.2, -0.15) is 0 Å². The van der Waals surface area contributed by atoms with E-state index in [0.717, 1.165) is 6.42 Å². The molecule has 5 nitrogen and oxygen atoms in total. The van der Waals surface area contributed by atoms with Gasteiger partial charge in [0.15, 0.2) is 5.78 Å². The fourth-order valence-electron chi connectivity index (χ4n) is 1.31. The molecule has 0 aromatic heterocycles. The van der Waals surface area contributed by atoms with Crippen molar-refractivity contribution in [1.29, 1.82) is 0 Å². The van der Waals surface area contributed by atoms with Crippen LogP contribution < -0.4 is 5.32 Å². The van der Waals surface area contributed by atoms with Crippen molar-refractivity contribution in [3.63, 3.8) is 0 Å². The average Bonchev–Trinajstić information content (AvgIpc) is 2.43. The van der Waals surface area contributed by atoms with Gasteiger partial charge in [0.25, 0.3) is 5.91 Å². The van der Waals surface area contributed by atoms with Crippen LogP contribution in [0.2, 0.25) is 0 Å². The molecule has 1 N–H and O–H groups in total. The summed E-state index contributed by atoms with van der Waals surface area (Å²) in [5.41, 5.74) is 0. The number of nitrogens with one attached hydrogen (secondary N) is 1. The summed E-state index contributed by atoms with van der Waals surface area (Å²) in [7, 11) is 0. The molecule has 0 aromatic rings. The number of carbonyl (C=O) groups excluding carboxylic acids is 2. The van der Waals surface area contributed by atoms with Crippen LogP contribution in [-0.2, 0) is 19.1 Å². The number of carbonyl (C=O) groups is 2. The largest absolute Gasteiger partial charge is 0.379 e. The van der Waals surface area contributed by atoms with Crippen molar-refractivity contribution in [2.24, 2.45) is 0 Å². The SMILES string of the molecule is CCCNC(=O)/C(Br)=C\C(=O)CCCOCCOCC. The minimum absolute atomic E-state index is 0.0862. The molecule has 0 rings (SSSR count). The summed E-state index contributed by atoms with van der Waals surface area (Å²) in [5.74, 6) is -0.343. The zero-order chi connectivity index (χ0) is 15.2. The van der Waals surface area contributed by atoms with E-state index in [1.54, 1.807) is 0 Å². The maximum atomic E-state index is 11.6. The van der Waals surface area contributed by atoms with E-state index in [1.807, 2.05) is 13.8 Å². The third kappa shape index (κ3) is 11.1. The lowest BCUT2D eigenvalue weighted by atomic mass is 10.2. The van der Waals surface area contributed by atoms with Gasteiger partial charge < -0.3 is 14.8 Å². The van der Waals surface area contributed by atoms with Crippen molar-refractivity contribution < 1.29 is 19.1 Å². The molecule has 6 heteroatoms. The predicted octanol–water partition coefficient (Wildman–Crippen LogP) is 2.19. The molecule has 0 aromatic carbocycles. The number of halogens is 1. The minimum atomic E-state index is -0.256. The molecule has 0 aliphatic heterocycles. The highest BCUT2D eigenvalue weighted by Crippen LogP contribution is 2.06. The lowest BCUT2D eigenvalue weighted by molar-refractivity contribution is -0.118. The number of hydrogen-bond donors (Lipinski definition) is 1. The number of ketones is 1. The maximum Gasteiger partial charge on any atom is 0.258 e. The summed E-state index contributed by atoms with van der Waals surface area (Å²) in [6.45, 7) is 6.82. The number of amides is 1. The number of allylic oxidation sites excluding steroid dienone is 1. The van der Waals surface area contributed by atoms with Crippen molar-refractivity contribution in [1.82, 2.24) is 5.32 Å². The highest BCUT2D eigenvalue weighted by atomic mass is 79.9. The van der Waals surface area contributed by atoms with Crippen LogP contribution in [0.3, 0.4) is 0 Å². The minimum Gasteiger partial charge on any atom is -0.379 e. The maximum absolute atomic E-state index is 11.6. The molecular weight excluding hydrogens is 326 g/mol.